The number of hydrogen-bond donors (Lipinski definition) is 0. The average Bonchev–Trinajstić information content (AvgIpc) is 2.80. The number of rotatable bonds is 3. The molecule has 4 nitrogen and oxygen atoms in total. The monoisotopic (exact) mass is 393 g/mol. The van der Waals surface area contributed by atoms with E-state index in [4.69, 9.17) is 16.0 Å². The Morgan fingerprint density at radius 1 is 1.26 bits per heavy atom. The first kappa shape index (κ1) is 16.0. The second kappa shape index (κ2) is 5.98. The van der Waals surface area contributed by atoms with Crippen LogP contribution in [0.2, 0.25) is 5.02 Å². The molecule has 1 aromatic heterocycles. The lowest BCUT2D eigenvalue weighted by molar-refractivity contribution is 0.0966. The third-order valence-corrected chi connectivity index (χ3v) is 4.72. The third kappa shape index (κ3) is 2.86. The van der Waals surface area contributed by atoms with Gasteiger partial charge in [0.15, 0.2) is 11.4 Å². The highest BCUT2D eigenvalue weighted by Gasteiger charge is 2.21. The maximum absolute atomic E-state index is 12.7. The number of nitrogens with zero attached hydrogens (tertiary/aromatic N) is 1. The Bertz CT molecular complexity index is 974. The van der Waals surface area contributed by atoms with Crippen LogP contribution in [0.1, 0.15) is 28.8 Å². The summed E-state index contributed by atoms with van der Waals surface area (Å²) in [4.78, 5) is 24.3. The molecule has 0 spiro atoms. The summed E-state index contributed by atoms with van der Waals surface area (Å²) < 4.78 is 7.40. The van der Waals surface area contributed by atoms with Crippen LogP contribution in [0.4, 0.5) is 0 Å². The molecule has 1 atom stereocenters. The molecule has 1 unspecified atom stereocenters. The molecule has 2 aromatic carbocycles. The highest BCUT2D eigenvalue weighted by Crippen LogP contribution is 2.30. The summed E-state index contributed by atoms with van der Waals surface area (Å²) in [5.41, 5.74) is 2.30. The van der Waals surface area contributed by atoms with Crippen molar-refractivity contribution in [2.45, 2.75) is 12.8 Å². The minimum absolute atomic E-state index is 0.0809. The lowest BCUT2D eigenvalue weighted by Crippen LogP contribution is -2.10. The largest absolute Gasteiger partial charge is 0.419 e. The molecule has 3 aromatic rings. The topological polar surface area (TPSA) is 52.2 Å². The predicted molar refractivity (Wildman–Crippen MR) is 93.4 cm³/mol. The van der Waals surface area contributed by atoms with Crippen LogP contribution in [-0.2, 0) is 7.05 Å². The number of carbonyl (C=O) groups is 1. The lowest BCUT2D eigenvalue weighted by Gasteiger charge is -2.13. The Balaban J connectivity index is 2.00. The van der Waals surface area contributed by atoms with Crippen molar-refractivity contribution < 1.29 is 9.21 Å². The van der Waals surface area contributed by atoms with Crippen molar-refractivity contribution in [3.8, 4) is 0 Å². The number of oxazole rings is 1. The van der Waals surface area contributed by atoms with Crippen molar-refractivity contribution in [3.63, 3.8) is 0 Å². The van der Waals surface area contributed by atoms with Crippen LogP contribution in [0.25, 0.3) is 11.1 Å². The molecule has 0 aliphatic carbocycles. The Kier molecular flexibility index (Phi) is 4.17. The van der Waals surface area contributed by atoms with Crippen molar-refractivity contribution in [2.24, 2.45) is 7.05 Å². The van der Waals surface area contributed by atoms with Gasteiger partial charge >= 0.3 is 5.76 Å². The van der Waals surface area contributed by atoms with Crippen LogP contribution in [0, 0.1) is 0 Å². The maximum atomic E-state index is 12.7. The van der Waals surface area contributed by atoms with Crippen LogP contribution in [0.5, 0.6) is 0 Å². The molecule has 1 heterocycles. The fourth-order valence-corrected chi connectivity index (χ4v) is 3.37. The van der Waals surface area contributed by atoms with Gasteiger partial charge in [0.2, 0.25) is 0 Å². The molecule has 0 amide bonds. The first-order chi connectivity index (χ1) is 10.9. The quantitative estimate of drug-likeness (QED) is 0.613. The molecule has 6 heteroatoms. The van der Waals surface area contributed by atoms with E-state index >= 15 is 0 Å². The van der Waals surface area contributed by atoms with E-state index in [1.807, 2.05) is 19.1 Å². The third-order valence-electron chi connectivity index (χ3n) is 3.90. The minimum atomic E-state index is -0.450. The number of fused-ring (bicyclic) bond motifs is 1. The van der Waals surface area contributed by atoms with Gasteiger partial charge < -0.3 is 4.42 Å². The molecule has 0 saturated carbocycles. The first-order valence-electron chi connectivity index (χ1n) is 6.97. The van der Waals surface area contributed by atoms with Crippen LogP contribution >= 0.6 is 27.5 Å². The summed E-state index contributed by atoms with van der Waals surface area (Å²) in [6, 6.07) is 10.5. The van der Waals surface area contributed by atoms with Crippen LogP contribution < -0.4 is 5.76 Å². The van der Waals surface area contributed by atoms with E-state index in [1.54, 1.807) is 31.3 Å². The van der Waals surface area contributed by atoms with Crippen molar-refractivity contribution in [3.05, 3.63) is 67.6 Å². The van der Waals surface area contributed by atoms with Crippen molar-refractivity contribution in [2.75, 3.05) is 0 Å². The second-order valence-electron chi connectivity index (χ2n) is 5.36. The van der Waals surface area contributed by atoms with Gasteiger partial charge in [0.25, 0.3) is 0 Å². The molecule has 3 rings (SSSR count). The molecule has 0 fully saturated rings. The van der Waals surface area contributed by atoms with E-state index in [0.29, 0.717) is 21.7 Å². The standard InChI is InChI=1S/C17H13BrClNO3/c1-9(12-5-4-11(18)8-13(12)19)16(21)10-3-6-14-15(7-10)23-17(22)20(14)2/h3-9H,1-2H3. The summed E-state index contributed by atoms with van der Waals surface area (Å²) in [6.45, 7) is 1.81. The van der Waals surface area contributed by atoms with Gasteiger partial charge in [0.1, 0.15) is 0 Å². The van der Waals surface area contributed by atoms with Gasteiger partial charge in [-0.25, -0.2) is 4.79 Å². The molecule has 118 valence electrons. The molecule has 0 saturated heterocycles. The number of halogens is 2. The normalized spacial score (nSPS) is 12.5. The molecule has 0 N–H and O–H groups in total. The predicted octanol–water partition coefficient (Wildman–Crippen LogP) is 4.53. The maximum Gasteiger partial charge on any atom is 0.419 e. The Morgan fingerprint density at radius 2 is 2.00 bits per heavy atom. The minimum Gasteiger partial charge on any atom is -0.408 e. The van der Waals surface area contributed by atoms with Gasteiger partial charge in [-0.2, -0.15) is 0 Å². The number of Topliss-reactive ketones (excluding diaryl/α,β-unsaturated/α-hetero) is 1. The van der Waals surface area contributed by atoms with E-state index < -0.39 is 11.7 Å². The fourth-order valence-electron chi connectivity index (χ4n) is 2.53. The van der Waals surface area contributed by atoms with Gasteiger partial charge in [-0.3, -0.25) is 9.36 Å². The summed E-state index contributed by atoms with van der Waals surface area (Å²) in [5.74, 6) is -0.931. The highest BCUT2D eigenvalue weighted by molar-refractivity contribution is 9.10. The lowest BCUT2D eigenvalue weighted by atomic mass is 9.92. The summed E-state index contributed by atoms with van der Waals surface area (Å²) in [6.07, 6.45) is 0. The van der Waals surface area contributed by atoms with E-state index in [1.165, 1.54) is 4.57 Å². The molecule has 0 aliphatic heterocycles. The van der Waals surface area contributed by atoms with Crippen molar-refractivity contribution in [1.82, 2.24) is 4.57 Å². The molecular weight excluding hydrogens is 382 g/mol. The number of benzene rings is 2. The number of carbonyl (C=O) groups excluding carboxylic acids is 1. The fraction of sp³-hybridized carbons (Fsp3) is 0.176. The average molecular weight is 395 g/mol. The van der Waals surface area contributed by atoms with Gasteiger partial charge in [-0.15, -0.1) is 0 Å². The summed E-state index contributed by atoms with van der Waals surface area (Å²) in [5, 5.41) is 0.535. The van der Waals surface area contributed by atoms with E-state index in [2.05, 4.69) is 15.9 Å². The summed E-state index contributed by atoms with van der Waals surface area (Å²) in [7, 11) is 1.62. The van der Waals surface area contributed by atoms with Crippen LogP contribution in [0.3, 0.4) is 0 Å². The number of hydrogen-bond acceptors (Lipinski definition) is 3. The number of aromatic nitrogens is 1. The Labute approximate surface area is 145 Å². The molecule has 23 heavy (non-hydrogen) atoms. The van der Waals surface area contributed by atoms with Crippen LogP contribution in [-0.4, -0.2) is 10.4 Å². The number of aryl methyl sites for hydroxylation is 1. The SMILES string of the molecule is CC(C(=O)c1ccc2c(c1)oc(=O)n2C)c1ccc(Br)cc1Cl. The number of ketones is 1. The zero-order valence-corrected chi connectivity index (χ0v) is 14.8. The van der Waals surface area contributed by atoms with E-state index in [-0.39, 0.29) is 5.78 Å². The van der Waals surface area contributed by atoms with Gasteiger partial charge in [-0.05, 0) is 35.9 Å². The zero-order valence-electron chi connectivity index (χ0n) is 12.5. The Hall–Kier alpha value is -1.85. The van der Waals surface area contributed by atoms with Gasteiger partial charge in [-0.1, -0.05) is 40.5 Å². The molecule has 0 radical (unpaired) electrons. The molecular formula is C17H13BrClNO3. The zero-order chi connectivity index (χ0) is 16.7. The molecule has 0 aliphatic rings. The Morgan fingerprint density at radius 3 is 2.70 bits per heavy atom. The van der Waals surface area contributed by atoms with Crippen LogP contribution in [0.15, 0.2) is 50.1 Å². The summed E-state index contributed by atoms with van der Waals surface area (Å²) >= 11 is 9.58. The van der Waals surface area contributed by atoms with E-state index in [0.717, 1.165) is 10.0 Å². The van der Waals surface area contributed by atoms with Crippen molar-refractivity contribution in [1.29, 1.82) is 0 Å². The van der Waals surface area contributed by atoms with Gasteiger partial charge in [0, 0.05) is 28.0 Å². The van der Waals surface area contributed by atoms with Crippen molar-refractivity contribution >= 4 is 44.4 Å². The smallest absolute Gasteiger partial charge is 0.408 e. The van der Waals surface area contributed by atoms with E-state index in [9.17, 15) is 9.59 Å². The highest BCUT2D eigenvalue weighted by atomic mass is 79.9. The van der Waals surface area contributed by atoms with Gasteiger partial charge in [0.05, 0.1) is 5.52 Å². The molecule has 0 bridgehead atoms. The second-order valence-corrected chi connectivity index (χ2v) is 6.68. The first-order valence-corrected chi connectivity index (χ1v) is 8.14.